The summed E-state index contributed by atoms with van der Waals surface area (Å²) in [4.78, 5) is 4.20. The van der Waals surface area contributed by atoms with Crippen molar-refractivity contribution in [3.63, 3.8) is 0 Å². The molecule has 2 N–H and O–H groups in total. The number of hydrogen-bond donors (Lipinski definition) is 1. The van der Waals surface area contributed by atoms with Crippen LogP contribution in [0.4, 0.5) is 0 Å². The van der Waals surface area contributed by atoms with Gasteiger partial charge in [-0.05, 0) is 18.6 Å². The minimum absolute atomic E-state index is 0.0815. The Hall–Kier alpha value is -1.67. The van der Waals surface area contributed by atoms with Crippen LogP contribution in [-0.4, -0.2) is 30.1 Å². The van der Waals surface area contributed by atoms with E-state index in [-0.39, 0.29) is 23.3 Å². The molecule has 102 valence electrons. The zero-order valence-electron chi connectivity index (χ0n) is 10.1. The largest absolute Gasteiger partial charge is 0.455 e. The Morgan fingerprint density at radius 1 is 1.42 bits per heavy atom. The van der Waals surface area contributed by atoms with Crippen molar-refractivity contribution in [1.29, 1.82) is 0 Å². The van der Waals surface area contributed by atoms with Gasteiger partial charge in [0, 0.05) is 5.92 Å². The number of nitrogens with zero attached hydrogens (tertiary/aromatic N) is 2. The first kappa shape index (κ1) is 12.4. The molecule has 2 aromatic rings. The Kier molecular flexibility index (Phi) is 2.90. The highest BCUT2D eigenvalue weighted by molar-refractivity contribution is 7.91. The lowest BCUT2D eigenvalue weighted by molar-refractivity contribution is 0.401. The van der Waals surface area contributed by atoms with Crippen LogP contribution in [0.3, 0.4) is 0 Å². The molecule has 1 aliphatic heterocycles. The summed E-state index contributed by atoms with van der Waals surface area (Å²) >= 11 is 0. The second-order valence-electron chi connectivity index (χ2n) is 4.53. The van der Waals surface area contributed by atoms with E-state index < -0.39 is 9.84 Å². The van der Waals surface area contributed by atoms with Crippen molar-refractivity contribution in [1.82, 2.24) is 10.1 Å². The molecule has 1 atom stereocenters. The molecule has 3 heterocycles. The van der Waals surface area contributed by atoms with Gasteiger partial charge in [-0.2, -0.15) is 4.98 Å². The Balaban J connectivity index is 1.83. The molecule has 0 aromatic carbocycles. The number of nitrogens with two attached hydrogens (primary N) is 1. The zero-order chi connectivity index (χ0) is 13.5. The Morgan fingerprint density at radius 3 is 2.89 bits per heavy atom. The van der Waals surface area contributed by atoms with Crippen molar-refractivity contribution in [2.24, 2.45) is 5.73 Å². The van der Waals surface area contributed by atoms with Crippen LogP contribution in [0.15, 0.2) is 21.1 Å². The van der Waals surface area contributed by atoms with E-state index >= 15 is 0 Å². The lowest BCUT2D eigenvalue weighted by Gasteiger charge is -1.97. The Bertz CT molecular complexity index is 688. The van der Waals surface area contributed by atoms with Gasteiger partial charge in [0.25, 0.3) is 5.89 Å². The van der Waals surface area contributed by atoms with Gasteiger partial charge in [0.2, 0.25) is 0 Å². The average molecular weight is 283 g/mol. The van der Waals surface area contributed by atoms with E-state index in [0.29, 0.717) is 30.3 Å². The molecule has 1 saturated heterocycles. The maximum atomic E-state index is 11.4. The minimum atomic E-state index is -2.96. The van der Waals surface area contributed by atoms with Gasteiger partial charge in [0.1, 0.15) is 5.76 Å². The van der Waals surface area contributed by atoms with Crippen molar-refractivity contribution >= 4 is 9.84 Å². The molecule has 7 nitrogen and oxygen atoms in total. The summed E-state index contributed by atoms with van der Waals surface area (Å²) in [5, 5.41) is 3.83. The molecule has 0 spiro atoms. The van der Waals surface area contributed by atoms with Crippen molar-refractivity contribution in [2.45, 2.75) is 18.9 Å². The SMILES string of the molecule is NCc1ccc(-c2nc(C3CCS(=O)(=O)C3)no2)o1. The third-order valence-electron chi connectivity index (χ3n) is 3.11. The lowest BCUT2D eigenvalue weighted by atomic mass is 10.1. The van der Waals surface area contributed by atoms with Crippen LogP contribution in [-0.2, 0) is 16.4 Å². The second-order valence-corrected chi connectivity index (χ2v) is 6.76. The van der Waals surface area contributed by atoms with E-state index in [1.807, 2.05) is 0 Å². The fraction of sp³-hybridized carbons (Fsp3) is 0.455. The van der Waals surface area contributed by atoms with Gasteiger partial charge < -0.3 is 14.7 Å². The molecule has 8 heteroatoms. The molecule has 0 saturated carbocycles. The minimum Gasteiger partial charge on any atom is -0.455 e. The van der Waals surface area contributed by atoms with Crippen LogP contribution in [0.5, 0.6) is 0 Å². The quantitative estimate of drug-likeness (QED) is 0.881. The van der Waals surface area contributed by atoms with Crippen molar-refractivity contribution in [2.75, 3.05) is 11.5 Å². The Morgan fingerprint density at radius 2 is 2.26 bits per heavy atom. The van der Waals surface area contributed by atoms with E-state index in [2.05, 4.69) is 10.1 Å². The van der Waals surface area contributed by atoms with E-state index in [1.165, 1.54) is 0 Å². The van der Waals surface area contributed by atoms with E-state index in [9.17, 15) is 8.42 Å². The van der Waals surface area contributed by atoms with Crippen molar-refractivity contribution in [3.8, 4) is 11.7 Å². The summed E-state index contributed by atoms with van der Waals surface area (Å²) in [5.74, 6) is 1.81. The average Bonchev–Trinajstić information content (AvgIpc) is 3.05. The summed E-state index contributed by atoms with van der Waals surface area (Å²) in [5.41, 5.74) is 5.45. The fourth-order valence-electron chi connectivity index (χ4n) is 2.10. The summed E-state index contributed by atoms with van der Waals surface area (Å²) in [7, 11) is -2.96. The topological polar surface area (TPSA) is 112 Å². The van der Waals surface area contributed by atoms with Crippen LogP contribution in [0.2, 0.25) is 0 Å². The standard InChI is InChI=1S/C11H13N3O4S/c12-5-8-1-2-9(17-8)11-13-10(14-18-11)7-3-4-19(15,16)6-7/h1-2,7H,3-6,12H2. The highest BCUT2D eigenvalue weighted by Gasteiger charge is 2.32. The predicted molar refractivity (Wildman–Crippen MR) is 65.9 cm³/mol. The molecule has 0 aliphatic carbocycles. The first-order chi connectivity index (χ1) is 9.07. The van der Waals surface area contributed by atoms with Gasteiger partial charge in [0.05, 0.1) is 18.1 Å². The van der Waals surface area contributed by atoms with Crippen LogP contribution in [0.25, 0.3) is 11.7 Å². The number of rotatable bonds is 3. The Labute approximate surface area is 109 Å². The highest BCUT2D eigenvalue weighted by Crippen LogP contribution is 2.29. The molecule has 0 bridgehead atoms. The summed E-state index contributed by atoms with van der Waals surface area (Å²) in [6, 6.07) is 3.43. The summed E-state index contributed by atoms with van der Waals surface area (Å²) < 4.78 is 33.3. The van der Waals surface area contributed by atoms with Gasteiger partial charge in [-0.25, -0.2) is 8.42 Å². The second kappa shape index (κ2) is 4.46. The van der Waals surface area contributed by atoms with Crippen LogP contribution >= 0.6 is 0 Å². The fourth-order valence-corrected chi connectivity index (χ4v) is 3.84. The van der Waals surface area contributed by atoms with E-state index in [4.69, 9.17) is 14.7 Å². The molecule has 1 aliphatic rings. The highest BCUT2D eigenvalue weighted by atomic mass is 32.2. The normalized spacial score (nSPS) is 21.8. The number of hydrogen-bond acceptors (Lipinski definition) is 7. The van der Waals surface area contributed by atoms with Gasteiger partial charge in [-0.1, -0.05) is 5.16 Å². The predicted octanol–water partition coefficient (Wildman–Crippen LogP) is 0.690. The molecule has 0 radical (unpaired) electrons. The molecule has 19 heavy (non-hydrogen) atoms. The van der Waals surface area contributed by atoms with Gasteiger partial charge >= 0.3 is 0 Å². The number of sulfone groups is 1. The van der Waals surface area contributed by atoms with Crippen molar-refractivity contribution < 1.29 is 17.4 Å². The molecule has 2 aromatic heterocycles. The maximum absolute atomic E-state index is 11.4. The monoisotopic (exact) mass is 283 g/mol. The third kappa shape index (κ3) is 2.41. The van der Waals surface area contributed by atoms with Crippen LogP contribution in [0.1, 0.15) is 23.9 Å². The first-order valence-corrected chi connectivity index (χ1v) is 7.73. The van der Waals surface area contributed by atoms with E-state index in [1.54, 1.807) is 12.1 Å². The molecular formula is C11H13N3O4S. The smallest absolute Gasteiger partial charge is 0.293 e. The third-order valence-corrected chi connectivity index (χ3v) is 4.88. The zero-order valence-corrected chi connectivity index (χ0v) is 10.9. The first-order valence-electron chi connectivity index (χ1n) is 5.90. The van der Waals surface area contributed by atoms with Gasteiger partial charge in [0.15, 0.2) is 21.4 Å². The molecule has 1 unspecified atom stereocenters. The van der Waals surface area contributed by atoms with E-state index in [0.717, 1.165) is 0 Å². The van der Waals surface area contributed by atoms with Crippen molar-refractivity contribution in [3.05, 3.63) is 23.7 Å². The molecule has 0 amide bonds. The molecule has 3 rings (SSSR count). The maximum Gasteiger partial charge on any atom is 0.293 e. The van der Waals surface area contributed by atoms with Gasteiger partial charge in [-0.15, -0.1) is 0 Å². The lowest BCUT2D eigenvalue weighted by Crippen LogP contribution is -2.04. The van der Waals surface area contributed by atoms with Crippen LogP contribution < -0.4 is 5.73 Å². The summed E-state index contributed by atoms with van der Waals surface area (Å²) in [6.45, 7) is 0.294. The van der Waals surface area contributed by atoms with Crippen LogP contribution in [0, 0.1) is 0 Å². The molecular weight excluding hydrogens is 270 g/mol. The van der Waals surface area contributed by atoms with Gasteiger partial charge in [-0.3, -0.25) is 0 Å². The number of aromatic nitrogens is 2. The molecule has 1 fully saturated rings. The number of furan rings is 1. The summed E-state index contributed by atoms with van der Waals surface area (Å²) in [6.07, 6.45) is 0.535.